The molecular formula is C89H55N3OS. The molecule has 14 aromatic carbocycles. The largest absolute Gasteiger partial charge is 0.455 e. The number of aromatic nitrogens is 3. The molecule has 0 bridgehead atoms. The van der Waals surface area contributed by atoms with E-state index in [4.69, 9.17) is 14.4 Å². The lowest BCUT2D eigenvalue weighted by Gasteiger charge is -2.34. The SMILES string of the molecule is c1ccc(-c2cc(-c3ccccc3)cc(-c3ccc4sc5c(-c6cccc7c6oc6ccccc67)nc(-c6cccc(-c7cccc8c7c7cc(-c9ccccc9)ccc7n8-c7ccc8c(c7)C(c7ccccc7)(c7ccccc7)c7ccccc7-8)c6)nc5c4c3)c2)cc1. The van der Waals surface area contributed by atoms with Crippen molar-refractivity contribution in [2.24, 2.45) is 0 Å². The molecule has 0 spiro atoms. The van der Waals surface area contributed by atoms with Crippen molar-refractivity contribution in [2.45, 2.75) is 5.41 Å². The van der Waals surface area contributed by atoms with Crippen LogP contribution in [-0.2, 0) is 5.41 Å². The molecule has 0 atom stereocenters. The Hall–Kier alpha value is -12.0. The van der Waals surface area contributed by atoms with Gasteiger partial charge in [0.1, 0.15) is 11.2 Å². The molecule has 0 unspecified atom stereocenters. The van der Waals surface area contributed by atoms with Gasteiger partial charge in [-0.05, 0) is 168 Å². The lowest BCUT2D eigenvalue weighted by molar-refractivity contribution is 0.670. The second-order valence-corrected chi connectivity index (χ2v) is 25.7. The van der Waals surface area contributed by atoms with Crippen LogP contribution in [0.4, 0.5) is 0 Å². The maximum atomic E-state index is 6.83. The standard InChI is InChI=1S/C89H55N3OS/c1-6-23-56(24-7-1)59-43-47-79-75(53-59)83-69(37-22-41-80(83)92(79)68-45-46-71-70-35-16-18-40-77(70)89(78(71)55-68,66-31-12-4-13-32-66)67-33-14-5-15-34-67)61-29-20-30-62(49-61)88-90-84(74-39-21-38-73-72-36-17-19-42-81(72)93-86(73)74)87-85(91-88)76-54-60(44-48-82(76)94-87)65-51-63(57-25-8-2-9-26-57)50-64(52-65)58-27-10-3-11-28-58/h1-55H. The number of rotatable bonds is 10. The van der Waals surface area contributed by atoms with E-state index in [1.54, 1.807) is 11.3 Å². The zero-order valence-electron chi connectivity index (χ0n) is 50.9. The van der Waals surface area contributed by atoms with Gasteiger partial charge in [0.15, 0.2) is 5.82 Å². The molecule has 1 aliphatic carbocycles. The Balaban J connectivity index is 0.819. The number of hydrogen-bond donors (Lipinski definition) is 0. The quantitative estimate of drug-likeness (QED) is 0.137. The third-order valence-corrected chi connectivity index (χ3v) is 20.6. The number of nitrogens with zero attached hydrogens (tertiary/aromatic N) is 3. The highest BCUT2D eigenvalue weighted by Crippen LogP contribution is 2.57. The van der Waals surface area contributed by atoms with Crippen molar-refractivity contribution in [1.82, 2.24) is 14.5 Å². The molecular weight excluding hydrogens is 1160 g/mol. The topological polar surface area (TPSA) is 43.9 Å². The van der Waals surface area contributed by atoms with Crippen molar-refractivity contribution < 1.29 is 4.42 Å². The zero-order chi connectivity index (χ0) is 61.8. The van der Waals surface area contributed by atoms with E-state index in [9.17, 15) is 0 Å². The lowest BCUT2D eigenvalue weighted by Crippen LogP contribution is -2.28. The van der Waals surface area contributed by atoms with Crippen LogP contribution in [0.1, 0.15) is 22.3 Å². The number of fused-ring (bicyclic) bond motifs is 12. The zero-order valence-corrected chi connectivity index (χ0v) is 51.7. The average Bonchev–Trinajstić information content (AvgIpc) is 1.53. The molecule has 5 heteroatoms. The van der Waals surface area contributed by atoms with E-state index < -0.39 is 5.41 Å². The molecule has 0 saturated carbocycles. The molecule has 0 aliphatic heterocycles. The van der Waals surface area contributed by atoms with E-state index in [1.165, 1.54) is 60.8 Å². The first-order valence-corrected chi connectivity index (χ1v) is 32.9. The first-order valence-electron chi connectivity index (χ1n) is 32.1. The first kappa shape index (κ1) is 53.8. The minimum atomic E-state index is -0.558. The first-order chi connectivity index (χ1) is 46.6. The van der Waals surface area contributed by atoms with Gasteiger partial charge in [-0.25, -0.2) is 9.97 Å². The summed E-state index contributed by atoms with van der Waals surface area (Å²) in [6.45, 7) is 0. The summed E-state index contributed by atoms with van der Waals surface area (Å²) in [5.74, 6) is 0.639. The molecule has 4 nitrogen and oxygen atoms in total. The molecule has 438 valence electrons. The number of para-hydroxylation sites is 2. The number of benzene rings is 14. The van der Waals surface area contributed by atoms with Gasteiger partial charge in [0, 0.05) is 48.4 Å². The third kappa shape index (κ3) is 8.45. The molecule has 0 saturated heterocycles. The predicted octanol–water partition coefficient (Wildman–Crippen LogP) is 23.9. The van der Waals surface area contributed by atoms with E-state index in [1.807, 2.05) is 6.07 Å². The van der Waals surface area contributed by atoms with Gasteiger partial charge in [-0.2, -0.15) is 0 Å². The third-order valence-electron chi connectivity index (χ3n) is 19.5. The fraction of sp³-hybridized carbons (Fsp3) is 0.0112. The molecule has 4 heterocycles. The molecule has 1 aliphatic rings. The number of thiophene rings is 1. The van der Waals surface area contributed by atoms with Crippen molar-refractivity contribution in [3.63, 3.8) is 0 Å². The minimum Gasteiger partial charge on any atom is -0.455 e. The molecule has 0 fully saturated rings. The maximum Gasteiger partial charge on any atom is 0.160 e. The van der Waals surface area contributed by atoms with E-state index in [0.717, 1.165) is 115 Å². The molecule has 19 rings (SSSR count). The highest BCUT2D eigenvalue weighted by Gasteiger charge is 2.46. The van der Waals surface area contributed by atoms with Crippen molar-refractivity contribution in [2.75, 3.05) is 0 Å². The summed E-state index contributed by atoms with van der Waals surface area (Å²) < 4.78 is 11.5. The summed E-state index contributed by atoms with van der Waals surface area (Å²) in [6, 6.07) is 122. The van der Waals surface area contributed by atoms with Gasteiger partial charge >= 0.3 is 0 Å². The normalized spacial score (nSPS) is 12.6. The van der Waals surface area contributed by atoms with Crippen LogP contribution in [0.15, 0.2) is 338 Å². The van der Waals surface area contributed by atoms with Crippen LogP contribution in [0, 0.1) is 0 Å². The Labute approximate surface area is 547 Å². The molecule has 0 amide bonds. The summed E-state index contributed by atoms with van der Waals surface area (Å²) in [7, 11) is 0. The molecule has 0 N–H and O–H groups in total. The van der Waals surface area contributed by atoms with E-state index in [0.29, 0.717) is 5.82 Å². The van der Waals surface area contributed by atoms with Crippen LogP contribution < -0.4 is 0 Å². The van der Waals surface area contributed by atoms with Crippen LogP contribution >= 0.6 is 11.3 Å². The van der Waals surface area contributed by atoms with Crippen molar-refractivity contribution in [3.05, 3.63) is 356 Å². The second kappa shape index (κ2) is 21.6. The second-order valence-electron chi connectivity index (χ2n) is 24.7. The Morgan fingerprint density at radius 3 is 1.59 bits per heavy atom. The van der Waals surface area contributed by atoms with Gasteiger partial charge in [0.05, 0.1) is 32.4 Å². The van der Waals surface area contributed by atoms with E-state index in [-0.39, 0.29) is 0 Å². The molecule has 94 heavy (non-hydrogen) atoms. The van der Waals surface area contributed by atoms with Gasteiger partial charge in [-0.1, -0.05) is 255 Å². The van der Waals surface area contributed by atoms with Gasteiger partial charge in [0.25, 0.3) is 0 Å². The minimum absolute atomic E-state index is 0.558. The van der Waals surface area contributed by atoms with Gasteiger partial charge < -0.3 is 8.98 Å². The predicted molar refractivity (Wildman–Crippen MR) is 392 cm³/mol. The van der Waals surface area contributed by atoms with Crippen LogP contribution in [0.5, 0.6) is 0 Å². The lowest BCUT2D eigenvalue weighted by atomic mass is 9.67. The maximum absolute atomic E-state index is 6.83. The highest BCUT2D eigenvalue weighted by molar-refractivity contribution is 7.26. The summed E-state index contributed by atoms with van der Waals surface area (Å²) in [5.41, 5.74) is 27.0. The summed E-state index contributed by atoms with van der Waals surface area (Å²) in [4.78, 5) is 11.4. The summed E-state index contributed by atoms with van der Waals surface area (Å²) in [5, 5.41) is 5.55. The molecule has 4 aromatic heterocycles. The van der Waals surface area contributed by atoms with Crippen LogP contribution in [0.25, 0.3) is 159 Å². The Morgan fingerprint density at radius 1 is 0.319 bits per heavy atom. The van der Waals surface area contributed by atoms with Crippen LogP contribution in [-0.4, -0.2) is 14.5 Å². The monoisotopic (exact) mass is 1210 g/mol. The van der Waals surface area contributed by atoms with E-state index in [2.05, 4.69) is 332 Å². The Bertz CT molecular complexity index is 5930. The van der Waals surface area contributed by atoms with Crippen molar-refractivity contribution >= 4 is 75.4 Å². The van der Waals surface area contributed by atoms with E-state index >= 15 is 0 Å². The Kier molecular flexibility index (Phi) is 12.3. The summed E-state index contributed by atoms with van der Waals surface area (Å²) >= 11 is 1.74. The van der Waals surface area contributed by atoms with Gasteiger partial charge in [-0.3, -0.25) is 0 Å². The fourth-order valence-electron chi connectivity index (χ4n) is 15.3. The Morgan fingerprint density at radius 2 is 0.851 bits per heavy atom. The smallest absolute Gasteiger partial charge is 0.160 e. The van der Waals surface area contributed by atoms with Gasteiger partial charge in [-0.15, -0.1) is 11.3 Å². The van der Waals surface area contributed by atoms with Crippen LogP contribution in [0.3, 0.4) is 0 Å². The summed E-state index contributed by atoms with van der Waals surface area (Å²) in [6.07, 6.45) is 0. The highest BCUT2D eigenvalue weighted by atomic mass is 32.1. The average molecular weight is 1210 g/mol. The molecule has 18 aromatic rings. The van der Waals surface area contributed by atoms with Crippen molar-refractivity contribution in [3.8, 4) is 95.1 Å². The fourth-order valence-corrected chi connectivity index (χ4v) is 16.4. The molecule has 0 radical (unpaired) electrons. The van der Waals surface area contributed by atoms with Crippen molar-refractivity contribution in [1.29, 1.82) is 0 Å². The van der Waals surface area contributed by atoms with Crippen LogP contribution in [0.2, 0.25) is 0 Å². The number of hydrogen-bond acceptors (Lipinski definition) is 4. The van der Waals surface area contributed by atoms with Gasteiger partial charge in [0.2, 0.25) is 0 Å². The number of furan rings is 1.